The summed E-state index contributed by atoms with van der Waals surface area (Å²) in [5.41, 5.74) is 0. The second-order valence-corrected chi connectivity index (χ2v) is 7.61. The molecule has 1 aromatic heterocycles. The van der Waals surface area contributed by atoms with Crippen molar-refractivity contribution < 1.29 is 8.42 Å². The van der Waals surface area contributed by atoms with E-state index in [9.17, 15) is 8.42 Å². The van der Waals surface area contributed by atoms with E-state index in [1.165, 1.54) is 6.42 Å². The summed E-state index contributed by atoms with van der Waals surface area (Å²) in [7, 11) is 0.447. The quantitative estimate of drug-likeness (QED) is 0.806. The van der Waals surface area contributed by atoms with Crippen LogP contribution in [0.3, 0.4) is 0 Å². The minimum absolute atomic E-state index is 0.0393. The van der Waals surface area contributed by atoms with Crippen LogP contribution in [0.25, 0.3) is 0 Å². The average molecular weight is 328 g/mol. The Bertz CT molecular complexity index is 599. The Balaban J connectivity index is 2.22. The predicted octanol–water partition coefficient (Wildman–Crippen LogP) is 0.367. The zero-order chi connectivity index (χ0) is 16.2. The van der Waals surface area contributed by atoms with Gasteiger partial charge in [-0.15, -0.1) is 0 Å². The molecule has 2 rings (SSSR count). The third-order valence-electron chi connectivity index (χ3n) is 3.53. The molecule has 0 atom stereocenters. The molecule has 1 fully saturated rings. The van der Waals surface area contributed by atoms with Gasteiger partial charge < -0.3 is 9.80 Å². The van der Waals surface area contributed by atoms with Crippen molar-refractivity contribution in [3.05, 3.63) is 5.82 Å². The molecule has 0 spiro atoms. The molecule has 0 bridgehead atoms. The summed E-state index contributed by atoms with van der Waals surface area (Å²) in [5, 5.41) is 0. The normalized spacial score (nSPS) is 15.9. The Morgan fingerprint density at radius 3 is 2.41 bits per heavy atom. The largest absolute Gasteiger partial charge is 0.347 e. The van der Waals surface area contributed by atoms with Gasteiger partial charge in [-0.3, -0.25) is 0 Å². The molecular formula is C13H24N6O2S. The minimum Gasteiger partial charge on any atom is -0.347 e. The van der Waals surface area contributed by atoms with Crippen molar-refractivity contribution in [3.63, 3.8) is 0 Å². The van der Waals surface area contributed by atoms with Crippen LogP contribution in [0.1, 0.15) is 32.0 Å². The van der Waals surface area contributed by atoms with Gasteiger partial charge in [0.15, 0.2) is 5.82 Å². The summed E-state index contributed by atoms with van der Waals surface area (Å²) in [6.45, 7) is 3.54. The average Bonchev–Trinajstić information content (AvgIpc) is 2.53. The van der Waals surface area contributed by atoms with E-state index in [4.69, 9.17) is 0 Å². The molecule has 0 saturated carbocycles. The van der Waals surface area contributed by atoms with Gasteiger partial charge in [-0.25, -0.2) is 13.1 Å². The van der Waals surface area contributed by atoms with E-state index in [1.807, 2.05) is 14.1 Å². The number of hydrogen-bond acceptors (Lipinski definition) is 7. The van der Waals surface area contributed by atoms with Crippen LogP contribution in [0.15, 0.2) is 0 Å². The molecule has 0 unspecified atom stereocenters. The lowest BCUT2D eigenvalue weighted by Gasteiger charge is -2.27. The van der Waals surface area contributed by atoms with Crippen LogP contribution in [0.4, 0.5) is 11.9 Å². The van der Waals surface area contributed by atoms with E-state index in [0.717, 1.165) is 25.9 Å². The minimum atomic E-state index is -3.27. The SMILES string of the molecule is CCS(=O)(=O)NCc1nc(N(C)C)nc(N2CCCCC2)n1. The van der Waals surface area contributed by atoms with Crippen molar-refractivity contribution in [2.75, 3.05) is 42.7 Å². The number of piperidine rings is 1. The zero-order valence-electron chi connectivity index (χ0n) is 13.4. The first kappa shape index (κ1) is 16.9. The van der Waals surface area contributed by atoms with E-state index in [2.05, 4.69) is 24.6 Å². The maximum Gasteiger partial charge on any atom is 0.230 e. The van der Waals surface area contributed by atoms with E-state index in [1.54, 1.807) is 11.8 Å². The summed E-state index contributed by atoms with van der Waals surface area (Å²) in [4.78, 5) is 17.1. The second kappa shape index (κ2) is 7.19. The molecule has 8 nitrogen and oxygen atoms in total. The van der Waals surface area contributed by atoms with Gasteiger partial charge in [0.2, 0.25) is 21.9 Å². The fourth-order valence-corrected chi connectivity index (χ4v) is 2.74. The molecule has 0 aromatic carbocycles. The number of hydrogen-bond donors (Lipinski definition) is 1. The van der Waals surface area contributed by atoms with Crippen molar-refractivity contribution in [2.24, 2.45) is 0 Å². The molecule has 124 valence electrons. The van der Waals surface area contributed by atoms with Crippen molar-refractivity contribution in [1.82, 2.24) is 19.7 Å². The smallest absolute Gasteiger partial charge is 0.230 e. The highest BCUT2D eigenvalue weighted by atomic mass is 32.2. The molecule has 0 amide bonds. The highest BCUT2D eigenvalue weighted by molar-refractivity contribution is 7.89. The molecule has 22 heavy (non-hydrogen) atoms. The number of rotatable bonds is 6. The second-order valence-electron chi connectivity index (χ2n) is 5.52. The summed E-state index contributed by atoms with van der Waals surface area (Å²) >= 11 is 0. The van der Waals surface area contributed by atoms with Gasteiger partial charge in [-0.05, 0) is 26.2 Å². The Hall–Kier alpha value is -1.48. The van der Waals surface area contributed by atoms with Gasteiger partial charge >= 0.3 is 0 Å². The van der Waals surface area contributed by atoms with Gasteiger partial charge in [-0.2, -0.15) is 15.0 Å². The fourth-order valence-electron chi connectivity index (χ4n) is 2.19. The number of nitrogens with zero attached hydrogens (tertiary/aromatic N) is 5. The summed E-state index contributed by atoms with van der Waals surface area (Å²) in [6, 6.07) is 0. The fraction of sp³-hybridized carbons (Fsp3) is 0.769. The first-order valence-corrected chi connectivity index (χ1v) is 9.21. The third kappa shape index (κ3) is 4.51. The highest BCUT2D eigenvalue weighted by Crippen LogP contribution is 2.17. The molecule has 9 heteroatoms. The first-order chi connectivity index (χ1) is 10.4. The summed E-state index contributed by atoms with van der Waals surface area (Å²) in [6.07, 6.45) is 3.48. The first-order valence-electron chi connectivity index (χ1n) is 7.56. The highest BCUT2D eigenvalue weighted by Gasteiger charge is 2.17. The van der Waals surface area contributed by atoms with Crippen molar-refractivity contribution in [1.29, 1.82) is 0 Å². The van der Waals surface area contributed by atoms with E-state index >= 15 is 0 Å². The van der Waals surface area contributed by atoms with E-state index in [0.29, 0.717) is 17.7 Å². The maximum absolute atomic E-state index is 11.6. The lowest BCUT2D eigenvalue weighted by Crippen LogP contribution is -2.33. The van der Waals surface area contributed by atoms with E-state index < -0.39 is 10.0 Å². The van der Waals surface area contributed by atoms with Crippen molar-refractivity contribution in [3.8, 4) is 0 Å². The molecule has 1 N–H and O–H groups in total. The van der Waals surface area contributed by atoms with Gasteiger partial charge in [0.05, 0.1) is 12.3 Å². The zero-order valence-corrected chi connectivity index (χ0v) is 14.2. The Morgan fingerprint density at radius 2 is 1.82 bits per heavy atom. The van der Waals surface area contributed by atoms with Crippen LogP contribution >= 0.6 is 0 Å². The summed E-state index contributed by atoms with van der Waals surface area (Å²) in [5.74, 6) is 1.65. The van der Waals surface area contributed by atoms with Crippen LogP contribution < -0.4 is 14.5 Å². The van der Waals surface area contributed by atoms with Crippen LogP contribution in [0.2, 0.25) is 0 Å². The summed E-state index contributed by atoms with van der Waals surface area (Å²) < 4.78 is 25.7. The lowest BCUT2D eigenvalue weighted by atomic mass is 10.1. The molecule has 1 aliphatic heterocycles. The molecular weight excluding hydrogens is 304 g/mol. The molecule has 1 aromatic rings. The number of aromatic nitrogens is 3. The molecule has 1 saturated heterocycles. The Morgan fingerprint density at radius 1 is 1.14 bits per heavy atom. The van der Waals surface area contributed by atoms with Gasteiger partial charge in [0.1, 0.15) is 0 Å². The van der Waals surface area contributed by atoms with Gasteiger partial charge in [0, 0.05) is 27.2 Å². The Kier molecular flexibility index (Phi) is 5.52. The maximum atomic E-state index is 11.6. The molecule has 2 heterocycles. The van der Waals surface area contributed by atoms with Gasteiger partial charge in [0.25, 0.3) is 0 Å². The number of sulfonamides is 1. The van der Waals surface area contributed by atoms with Crippen molar-refractivity contribution >= 4 is 21.9 Å². The predicted molar refractivity (Wildman–Crippen MR) is 86.5 cm³/mol. The molecule has 0 aliphatic carbocycles. The van der Waals surface area contributed by atoms with Crippen LogP contribution in [-0.2, 0) is 16.6 Å². The topological polar surface area (TPSA) is 91.3 Å². The van der Waals surface area contributed by atoms with Crippen LogP contribution in [0, 0.1) is 0 Å². The Labute approximate surface area is 132 Å². The van der Waals surface area contributed by atoms with E-state index in [-0.39, 0.29) is 12.3 Å². The standard InChI is InChI=1S/C13H24N6O2S/c1-4-22(20,21)14-10-11-15-12(18(2)3)17-13(16-11)19-8-6-5-7-9-19/h14H,4-10H2,1-3H3. The number of anilines is 2. The molecule has 1 aliphatic rings. The lowest BCUT2D eigenvalue weighted by molar-refractivity contribution is 0.563. The molecule has 0 radical (unpaired) electrons. The third-order valence-corrected chi connectivity index (χ3v) is 4.87. The van der Waals surface area contributed by atoms with Crippen molar-refractivity contribution in [2.45, 2.75) is 32.7 Å². The number of nitrogens with one attached hydrogen (secondary N) is 1. The van der Waals surface area contributed by atoms with Crippen LogP contribution in [-0.4, -0.2) is 56.3 Å². The van der Waals surface area contributed by atoms with Crippen LogP contribution in [0.5, 0.6) is 0 Å². The monoisotopic (exact) mass is 328 g/mol. The van der Waals surface area contributed by atoms with Gasteiger partial charge in [-0.1, -0.05) is 0 Å².